The average Bonchev–Trinajstić information content (AvgIpc) is 2.84. The van der Waals surface area contributed by atoms with Crippen LogP contribution in [0.3, 0.4) is 0 Å². The van der Waals surface area contributed by atoms with Crippen LogP contribution in [0.2, 0.25) is 0 Å². The SMILES string of the molecule is C[C@H]1OCC[C@@H]1NC(=O)N[C@H](CO)Cc1ccccc1. The number of rotatable bonds is 5. The number of carbonyl (C=O) groups excluding carboxylic acids is 1. The zero-order chi connectivity index (χ0) is 14.4. The Kier molecular flexibility index (Phi) is 5.38. The van der Waals surface area contributed by atoms with E-state index in [9.17, 15) is 9.90 Å². The third-order valence-corrected chi connectivity index (χ3v) is 3.57. The number of aliphatic hydroxyl groups is 1. The number of ether oxygens (including phenoxy) is 1. The van der Waals surface area contributed by atoms with Crippen molar-refractivity contribution in [3.8, 4) is 0 Å². The van der Waals surface area contributed by atoms with E-state index < -0.39 is 0 Å². The number of hydrogen-bond donors (Lipinski definition) is 3. The van der Waals surface area contributed by atoms with Crippen LogP contribution in [0.4, 0.5) is 4.79 Å². The summed E-state index contributed by atoms with van der Waals surface area (Å²) in [6.07, 6.45) is 1.49. The second-order valence-corrected chi connectivity index (χ2v) is 5.16. The van der Waals surface area contributed by atoms with Crippen molar-refractivity contribution in [2.45, 2.75) is 38.0 Å². The van der Waals surface area contributed by atoms with Crippen LogP contribution < -0.4 is 10.6 Å². The molecular formula is C15H22N2O3. The van der Waals surface area contributed by atoms with Gasteiger partial charge in [-0.15, -0.1) is 0 Å². The summed E-state index contributed by atoms with van der Waals surface area (Å²) in [7, 11) is 0. The first-order valence-electron chi connectivity index (χ1n) is 7.02. The third kappa shape index (κ3) is 4.21. The highest BCUT2D eigenvalue weighted by atomic mass is 16.5. The predicted molar refractivity (Wildman–Crippen MR) is 76.5 cm³/mol. The summed E-state index contributed by atoms with van der Waals surface area (Å²) in [6.45, 7) is 2.55. The lowest BCUT2D eigenvalue weighted by atomic mass is 10.1. The maximum Gasteiger partial charge on any atom is 0.315 e. The molecule has 1 saturated heterocycles. The molecule has 110 valence electrons. The van der Waals surface area contributed by atoms with Gasteiger partial charge in [0.15, 0.2) is 0 Å². The molecule has 0 spiro atoms. The molecule has 2 rings (SSSR count). The van der Waals surface area contributed by atoms with Crippen LogP contribution in [-0.4, -0.2) is 42.5 Å². The zero-order valence-corrected chi connectivity index (χ0v) is 11.7. The lowest BCUT2D eigenvalue weighted by Crippen LogP contribution is -2.49. The van der Waals surface area contributed by atoms with E-state index in [1.54, 1.807) is 0 Å². The molecule has 20 heavy (non-hydrogen) atoms. The van der Waals surface area contributed by atoms with E-state index in [4.69, 9.17) is 4.74 Å². The van der Waals surface area contributed by atoms with Crippen LogP contribution in [0.25, 0.3) is 0 Å². The minimum atomic E-state index is -0.282. The van der Waals surface area contributed by atoms with Gasteiger partial charge in [0.05, 0.1) is 24.8 Å². The Balaban J connectivity index is 1.81. The van der Waals surface area contributed by atoms with Gasteiger partial charge < -0.3 is 20.5 Å². The van der Waals surface area contributed by atoms with E-state index in [0.29, 0.717) is 13.0 Å². The molecule has 5 heteroatoms. The summed E-state index contributed by atoms with van der Waals surface area (Å²) in [5.74, 6) is 0. The summed E-state index contributed by atoms with van der Waals surface area (Å²) in [5, 5.41) is 15.1. The maximum absolute atomic E-state index is 11.9. The first-order chi connectivity index (χ1) is 9.69. The molecule has 0 aromatic heterocycles. The number of hydrogen-bond acceptors (Lipinski definition) is 3. The van der Waals surface area contributed by atoms with Crippen molar-refractivity contribution < 1.29 is 14.6 Å². The van der Waals surface area contributed by atoms with Gasteiger partial charge in [0.25, 0.3) is 0 Å². The lowest BCUT2D eigenvalue weighted by Gasteiger charge is -2.20. The van der Waals surface area contributed by atoms with E-state index >= 15 is 0 Å². The number of nitrogens with one attached hydrogen (secondary N) is 2. The van der Waals surface area contributed by atoms with E-state index in [2.05, 4.69) is 10.6 Å². The smallest absolute Gasteiger partial charge is 0.315 e. The largest absolute Gasteiger partial charge is 0.394 e. The van der Waals surface area contributed by atoms with Gasteiger partial charge >= 0.3 is 6.03 Å². The van der Waals surface area contributed by atoms with Gasteiger partial charge in [-0.3, -0.25) is 0 Å². The van der Waals surface area contributed by atoms with Crippen molar-refractivity contribution in [2.75, 3.05) is 13.2 Å². The first-order valence-corrected chi connectivity index (χ1v) is 7.02. The van der Waals surface area contributed by atoms with Gasteiger partial charge in [-0.05, 0) is 25.3 Å². The minimum absolute atomic E-state index is 0.0439. The molecule has 1 aromatic carbocycles. The molecule has 1 aliphatic rings. The van der Waals surface area contributed by atoms with E-state index in [-0.39, 0.29) is 30.8 Å². The molecule has 3 atom stereocenters. The molecule has 0 radical (unpaired) electrons. The number of carbonyl (C=O) groups is 1. The molecule has 1 heterocycles. The Hall–Kier alpha value is -1.59. The molecule has 0 bridgehead atoms. The van der Waals surface area contributed by atoms with E-state index in [0.717, 1.165) is 12.0 Å². The van der Waals surface area contributed by atoms with Gasteiger partial charge in [0.2, 0.25) is 0 Å². The fourth-order valence-corrected chi connectivity index (χ4v) is 2.38. The highest BCUT2D eigenvalue weighted by molar-refractivity contribution is 5.74. The zero-order valence-electron chi connectivity index (χ0n) is 11.7. The standard InChI is InChI=1S/C15H22N2O3/c1-11-14(7-8-20-11)17-15(19)16-13(10-18)9-12-5-3-2-4-6-12/h2-6,11,13-14,18H,7-10H2,1H3,(H2,16,17,19)/t11-,13+,14+/m1/s1. The van der Waals surface area contributed by atoms with Crippen molar-refractivity contribution in [3.63, 3.8) is 0 Å². The first kappa shape index (κ1) is 14.8. The molecule has 2 amide bonds. The predicted octanol–water partition coefficient (Wildman–Crippen LogP) is 1.07. The van der Waals surface area contributed by atoms with Gasteiger partial charge in [-0.2, -0.15) is 0 Å². The Morgan fingerprint density at radius 1 is 1.45 bits per heavy atom. The topological polar surface area (TPSA) is 70.6 Å². The lowest BCUT2D eigenvalue weighted by molar-refractivity contribution is 0.114. The molecule has 1 fully saturated rings. The van der Waals surface area contributed by atoms with Crippen LogP contribution in [-0.2, 0) is 11.2 Å². The molecule has 0 unspecified atom stereocenters. The van der Waals surface area contributed by atoms with E-state index in [1.807, 2.05) is 37.3 Å². The Morgan fingerprint density at radius 2 is 2.20 bits per heavy atom. The van der Waals surface area contributed by atoms with Crippen molar-refractivity contribution >= 4 is 6.03 Å². The van der Waals surface area contributed by atoms with Crippen molar-refractivity contribution in [3.05, 3.63) is 35.9 Å². The molecule has 1 aliphatic heterocycles. The van der Waals surface area contributed by atoms with Crippen molar-refractivity contribution in [2.24, 2.45) is 0 Å². The van der Waals surface area contributed by atoms with Gasteiger partial charge in [-0.25, -0.2) is 4.79 Å². The molecule has 0 aliphatic carbocycles. The third-order valence-electron chi connectivity index (χ3n) is 3.57. The molecular weight excluding hydrogens is 256 g/mol. The molecule has 5 nitrogen and oxygen atoms in total. The number of urea groups is 1. The number of aliphatic hydroxyl groups excluding tert-OH is 1. The summed E-state index contributed by atoms with van der Waals surface area (Å²) in [6, 6.07) is 9.31. The fourth-order valence-electron chi connectivity index (χ4n) is 2.38. The molecule has 3 N–H and O–H groups in total. The van der Waals surface area contributed by atoms with Crippen molar-refractivity contribution in [1.82, 2.24) is 10.6 Å². The highest BCUT2D eigenvalue weighted by Crippen LogP contribution is 2.12. The monoisotopic (exact) mass is 278 g/mol. The van der Waals surface area contributed by atoms with Gasteiger partial charge in [0.1, 0.15) is 0 Å². The van der Waals surface area contributed by atoms with Crippen LogP contribution in [0.15, 0.2) is 30.3 Å². The highest BCUT2D eigenvalue weighted by Gasteiger charge is 2.26. The Bertz CT molecular complexity index is 424. The normalized spacial score (nSPS) is 23.3. The Labute approximate surface area is 119 Å². The summed E-state index contributed by atoms with van der Waals surface area (Å²) in [5.41, 5.74) is 1.09. The number of amides is 2. The summed E-state index contributed by atoms with van der Waals surface area (Å²) in [4.78, 5) is 11.9. The van der Waals surface area contributed by atoms with Crippen molar-refractivity contribution in [1.29, 1.82) is 0 Å². The molecule has 0 saturated carbocycles. The average molecular weight is 278 g/mol. The quantitative estimate of drug-likeness (QED) is 0.754. The second-order valence-electron chi connectivity index (χ2n) is 5.16. The fraction of sp³-hybridized carbons (Fsp3) is 0.533. The minimum Gasteiger partial charge on any atom is -0.394 e. The van der Waals surface area contributed by atoms with E-state index in [1.165, 1.54) is 0 Å². The van der Waals surface area contributed by atoms with Crippen LogP contribution >= 0.6 is 0 Å². The van der Waals surface area contributed by atoms with Crippen LogP contribution in [0.1, 0.15) is 18.9 Å². The van der Waals surface area contributed by atoms with Crippen LogP contribution in [0, 0.1) is 0 Å². The second kappa shape index (κ2) is 7.26. The number of benzene rings is 1. The van der Waals surface area contributed by atoms with Gasteiger partial charge in [-0.1, -0.05) is 30.3 Å². The Morgan fingerprint density at radius 3 is 2.80 bits per heavy atom. The van der Waals surface area contributed by atoms with Crippen LogP contribution in [0.5, 0.6) is 0 Å². The molecule has 1 aromatic rings. The summed E-state index contributed by atoms with van der Waals surface area (Å²) >= 11 is 0. The maximum atomic E-state index is 11.9. The van der Waals surface area contributed by atoms with Gasteiger partial charge in [0, 0.05) is 6.61 Å². The summed E-state index contributed by atoms with van der Waals surface area (Å²) < 4.78 is 5.40.